The minimum Gasteiger partial charge on any atom is -0.486 e. The third-order valence-electron chi connectivity index (χ3n) is 4.57. The summed E-state index contributed by atoms with van der Waals surface area (Å²) < 4.78 is 11.0. The van der Waals surface area contributed by atoms with Crippen LogP contribution in [-0.2, 0) is 9.59 Å². The zero-order valence-electron chi connectivity index (χ0n) is 15.1. The van der Waals surface area contributed by atoms with Crippen LogP contribution in [0.2, 0.25) is 5.02 Å². The van der Waals surface area contributed by atoms with Gasteiger partial charge >= 0.3 is 0 Å². The van der Waals surface area contributed by atoms with Gasteiger partial charge in [0, 0.05) is 19.0 Å². The van der Waals surface area contributed by atoms with E-state index in [4.69, 9.17) is 21.1 Å². The van der Waals surface area contributed by atoms with Gasteiger partial charge in [-0.15, -0.1) is 0 Å². The van der Waals surface area contributed by atoms with E-state index in [2.05, 4.69) is 5.32 Å². The highest BCUT2D eigenvalue weighted by Crippen LogP contribution is 2.38. The minimum absolute atomic E-state index is 0.0724. The first-order chi connectivity index (χ1) is 13.6. The van der Waals surface area contributed by atoms with Crippen LogP contribution in [0.3, 0.4) is 0 Å². The van der Waals surface area contributed by atoms with Crippen molar-refractivity contribution >= 4 is 40.9 Å². The maximum Gasteiger partial charge on any atom is 0.248 e. The fourth-order valence-electron chi connectivity index (χ4n) is 3.29. The van der Waals surface area contributed by atoms with Gasteiger partial charge in [-0.2, -0.15) is 0 Å². The molecule has 2 heterocycles. The van der Waals surface area contributed by atoms with Gasteiger partial charge in [-0.3, -0.25) is 9.59 Å². The Labute approximate surface area is 167 Å². The van der Waals surface area contributed by atoms with E-state index < -0.39 is 0 Å². The molecule has 6 nitrogen and oxygen atoms in total. The second kappa shape index (κ2) is 7.94. The quantitative estimate of drug-likeness (QED) is 0.793. The third kappa shape index (κ3) is 3.82. The van der Waals surface area contributed by atoms with Crippen LogP contribution >= 0.6 is 11.6 Å². The normalized spacial score (nSPS) is 15.9. The summed E-state index contributed by atoms with van der Waals surface area (Å²) in [4.78, 5) is 26.2. The van der Waals surface area contributed by atoms with E-state index in [0.717, 1.165) is 12.0 Å². The van der Waals surface area contributed by atoms with Crippen molar-refractivity contribution in [1.29, 1.82) is 0 Å². The molecule has 0 unspecified atom stereocenters. The van der Waals surface area contributed by atoms with E-state index in [1.807, 2.05) is 18.2 Å². The molecular weight excluding hydrogens is 380 g/mol. The molecule has 0 aromatic heterocycles. The molecule has 1 N–H and O–H groups in total. The molecule has 2 aromatic carbocycles. The molecule has 0 saturated carbocycles. The molecule has 2 aromatic rings. The number of carbonyl (C=O) groups excluding carboxylic acids is 2. The molecule has 1 saturated heterocycles. The summed E-state index contributed by atoms with van der Waals surface area (Å²) in [5.74, 6) is 0.865. The van der Waals surface area contributed by atoms with Crippen molar-refractivity contribution in [3.8, 4) is 11.5 Å². The van der Waals surface area contributed by atoms with E-state index in [0.29, 0.717) is 54.1 Å². The number of ether oxygens (including phenoxy) is 2. The lowest BCUT2D eigenvalue weighted by Crippen LogP contribution is -2.25. The summed E-state index contributed by atoms with van der Waals surface area (Å²) in [6.07, 6.45) is 4.44. The Bertz CT molecular complexity index is 957. The van der Waals surface area contributed by atoms with E-state index in [1.165, 1.54) is 6.08 Å². The van der Waals surface area contributed by atoms with Crippen LogP contribution < -0.4 is 19.7 Å². The predicted octanol–water partition coefficient (Wildman–Crippen LogP) is 3.89. The second-order valence-electron chi connectivity index (χ2n) is 6.52. The molecule has 1 fully saturated rings. The predicted molar refractivity (Wildman–Crippen MR) is 108 cm³/mol. The van der Waals surface area contributed by atoms with Gasteiger partial charge in [-0.25, -0.2) is 0 Å². The molecular formula is C21H19ClN2O4. The summed E-state index contributed by atoms with van der Waals surface area (Å²) in [5.41, 5.74) is 2.05. The number of rotatable bonds is 4. The van der Waals surface area contributed by atoms with Gasteiger partial charge in [0.25, 0.3) is 0 Å². The van der Waals surface area contributed by atoms with Crippen molar-refractivity contribution in [2.75, 3.05) is 30.0 Å². The van der Waals surface area contributed by atoms with E-state index in [-0.39, 0.29) is 11.8 Å². The Hall–Kier alpha value is -2.99. The molecule has 28 heavy (non-hydrogen) atoms. The minimum atomic E-state index is -0.301. The molecule has 0 bridgehead atoms. The molecule has 0 aliphatic carbocycles. The molecule has 0 radical (unpaired) electrons. The first-order valence-corrected chi connectivity index (χ1v) is 9.47. The standard InChI is InChI=1S/C21H19ClN2O4/c22-15-12-14(13-18-21(15)28-11-10-27-18)7-8-19(25)23-16-4-1-2-5-17(16)24-9-3-6-20(24)26/h1-2,4-5,7-8,12-13H,3,6,9-11H2,(H,23,25)/b8-7+. The van der Waals surface area contributed by atoms with Gasteiger partial charge < -0.3 is 19.7 Å². The first kappa shape index (κ1) is 18.4. The highest BCUT2D eigenvalue weighted by molar-refractivity contribution is 6.32. The zero-order chi connectivity index (χ0) is 19.5. The molecule has 2 aliphatic rings. The second-order valence-corrected chi connectivity index (χ2v) is 6.92. The van der Waals surface area contributed by atoms with Crippen LogP contribution in [0.5, 0.6) is 11.5 Å². The fourth-order valence-corrected chi connectivity index (χ4v) is 3.56. The van der Waals surface area contributed by atoms with Crippen LogP contribution in [0.4, 0.5) is 11.4 Å². The van der Waals surface area contributed by atoms with Crippen molar-refractivity contribution in [2.45, 2.75) is 12.8 Å². The first-order valence-electron chi connectivity index (χ1n) is 9.09. The number of hydrogen-bond acceptors (Lipinski definition) is 4. The number of nitrogens with zero attached hydrogens (tertiary/aromatic N) is 1. The van der Waals surface area contributed by atoms with Gasteiger partial charge in [-0.05, 0) is 42.3 Å². The van der Waals surface area contributed by atoms with E-state index >= 15 is 0 Å². The number of hydrogen-bond donors (Lipinski definition) is 1. The molecule has 4 rings (SSSR count). The number of halogens is 1. The van der Waals surface area contributed by atoms with Gasteiger partial charge in [0.1, 0.15) is 13.2 Å². The summed E-state index contributed by atoms with van der Waals surface area (Å²) >= 11 is 6.22. The third-order valence-corrected chi connectivity index (χ3v) is 4.85. The van der Waals surface area contributed by atoms with Crippen molar-refractivity contribution < 1.29 is 19.1 Å². The number of anilines is 2. The lowest BCUT2D eigenvalue weighted by Gasteiger charge is -2.20. The molecule has 2 amide bonds. The summed E-state index contributed by atoms with van der Waals surface area (Å²) in [6, 6.07) is 10.8. The molecule has 7 heteroatoms. The number of amides is 2. The van der Waals surface area contributed by atoms with Crippen molar-refractivity contribution in [3.63, 3.8) is 0 Å². The lowest BCUT2D eigenvalue weighted by atomic mass is 10.1. The van der Waals surface area contributed by atoms with Crippen LogP contribution in [0.1, 0.15) is 18.4 Å². The van der Waals surface area contributed by atoms with E-state index in [1.54, 1.807) is 29.2 Å². The molecule has 0 spiro atoms. The Balaban J connectivity index is 1.50. The average Bonchev–Trinajstić information content (AvgIpc) is 3.13. The van der Waals surface area contributed by atoms with Crippen LogP contribution in [-0.4, -0.2) is 31.6 Å². The average molecular weight is 399 g/mol. The summed E-state index contributed by atoms with van der Waals surface area (Å²) in [5, 5.41) is 3.29. The highest BCUT2D eigenvalue weighted by Gasteiger charge is 2.24. The zero-order valence-corrected chi connectivity index (χ0v) is 15.9. The molecule has 144 valence electrons. The summed E-state index contributed by atoms with van der Waals surface area (Å²) in [7, 11) is 0. The Morgan fingerprint density at radius 2 is 2.00 bits per heavy atom. The van der Waals surface area contributed by atoms with Crippen molar-refractivity contribution in [3.05, 3.63) is 53.1 Å². The highest BCUT2D eigenvalue weighted by atomic mass is 35.5. The maximum atomic E-state index is 12.4. The molecule has 0 atom stereocenters. The Morgan fingerprint density at radius 3 is 2.82 bits per heavy atom. The van der Waals surface area contributed by atoms with Crippen LogP contribution in [0.15, 0.2) is 42.5 Å². The van der Waals surface area contributed by atoms with Gasteiger partial charge in [0.05, 0.1) is 16.4 Å². The Morgan fingerprint density at radius 1 is 1.18 bits per heavy atom. The smallest absolute Gasteiger partial charge is 0.248 e. The van der Waals surface area contributed by atoms with E-state index in [9.17, 15) is 9.59 Å². The lowest BCUT2D eigenvalue weighted by molar-refractivity contribution is -0.117. The van der Waals surface area contributed by atoms with Gasteiger partial charge in [0.2, 0.25) is 11.8 Å². The summed E-state index contributed by atoms with van der Waals surface area (Å²) in [6.45, 7) is 1.59. The topological polar surface area (TPSA) is 67.9 Å². The largest absolute Gasteiger partial charge is 0.486 e. The monoisotopic (exact) mass is 398 g/mol. The van der Waals surface area contributed by atoms with Gasteiger partial charge in [-0.1, -0.05) is 23.7 Å². The molecule has 2 aliphatic heterocycles. The van der Waals surface area contributed by atoms with Gasteiger partial charge in [0.15, 0.2) is 11.5 Å². The maximum absolute atomic E-state index is 12.4. The van der Waals surface area contributed by atoms with Crippen LogP contribution in [0.25, 0.3) is 6.08 Å². The fraction of sp³-hybridized carbons (Fsp3) is 0.238. The SMILES string of the molecule is O=C(/C=C/c1cc(Cl)c2c(c1)OCCO2)Nc1ccccc1N1CCCC1=O. The van der Waals surface area contributed by atoms with Crippen LogP contribution in [0, 0.1) is 0 Å². The Kier molecular flexibility index (Phi) is 5.21. The number of para-hydroxylation sites is 2. The van der Waals surface area contributed by atoms with Crippen molar-refractivity contribution in [2.24, 2.45) is 0 Å². The number of fused-ring (bicyclic) bond motifs is 1. The number of benzene rings is 2. The van der Waals surface area contributed by atoms with Crippen molar-refractivity contribution in [1.82, 2.24) is 0 Å². The number of carbonyl (C=O) groups is 2. The number of nitrogens with one attached hydrogen (secondary N) is 1.